The zero-order valence-corrected chi connectivity index (χ0v) is 11.0. The van der Waals surface area contributed by atoms with Gasteiger partial charge in [-0.1, -0.05) is 6.07 Å². The minimum atomic E-state index is -0.657. The molecule has 4 heteroatoms. The highest BCUT2D eigenvalue weighted by atomic mass is 16.4. The van der Waals surface area contributed by atoms with E-state index in [9.17, 15) is 4.79 Å². The van der Waals surface area contributed by atoms with Crippen molar-refractivity contribution in [1.29, 1.82) is 0 Å². The van der Waals surface area contributed by atoms with Gasteiger partial charge < -0.3 is 5.11 Å². The zero-order valence-electron chi connectivity index (χ0n) is 11.0. The molecule has 98 valence electrons. The first-order valence-electron chi connectivity index (χ1n) is 6.45. The maximum atomic E-state index is 11.0. The van der Waals surface area contributed by atoms with Crippen molar-refractivity contribution in [2.24, 2.45) is 5.92 Å². The van der Waals surface area contributed by atoms with Crippen molar-refractivity contribution in [2.75, 3.05) is 6.54 Å². The fraction of sp³-hybridized carbons (Fsp3) is 0.571. The van der Waals surface area contributed by atoms with Gasteiger partial charge in [0.2, 0.25) is 0 Å². The van der Waals surface area contributed by atoms with Crippen molar-refractivity contribution in [3.63, 3.8) is 0 Å². The topological polar surface area (TPSA) is 53.4 Å². The third-order valence-corrected chi connectivity index (χ3v) is 3.83. The number of nitrogens with zero attached hydrogens (tertiary/aromatic N) is 2. The van der Waals surface area contributed by atoms with E-state index >= 15 is 0 Å². The summed E-state index contributed by atoms with van der Waals surface area (Å²) in [6.45, 7) is 5.83. The van der Waals surface area contributed by atoms with Gasteiger partial charge in [-0.15, -0.1) is 0 Å². The Morgan fingerprint density at radius 2 is 2.39 bits per heavy atom. The monoisotopic (exact) mass is 248 g/mol. The molecule has 0 spiro atoms. The van der Waals surface area contributed by atoms with Gasteiger partial charge in [-0.3, -0.25) is 14.7 Å². The summed E-state index contributed by atoms with van der Waals surface area (Å²) in [7, 11) is 0. The lowest BCUT2D eigenvalue weighted by Crippen LogP contribution is -2.42. The number of likely N-dealkylation sites (tertiary alicyclic amines) is 1. The van der Waals surface area contributed by atoms with Gasteiger partial charge in [0.15, 0.2) is 0 Å². The molecule has 1 aromatic rings. The zero-order chi connectivity index (χ0) is 13.1. The Hall–Kier alpha value is -1.42. The Balaban J connectivity index is 2.00. The summed E-state index contributed by atoms with van der Waals surface area (Å²) < 4.78 is 0. The summed E-state index contributed by atoms with van der Waals surface area (Å²) in [6, 6.07) is 4.32. The summed E-state index contributed by atoms with van der Waals surface area (Å²) in [5.74, 6) is -0.836. The minimum Gasteiger partial charge on any atom is -0.481 e. The first kappa shape index (κ1) is 13.0. The lowest BCUT2D eigenvalue weighted by Gasteiger charge is -2.36. The molecule has 0 radical (unpaired) electrons. The second kappa shape index (κ2) is 5.48. The van der Waals surface area contributed by atoms with Crippen molar-refractivity contribution >= 4 is 5.97 Å². The van der Waals surface area contributed by atoms with Crippen molar-refractivity contribution < 1.29 is 9.90 Å². The SMILES string of the molecule is Cc1cccnc1CN1CCC(C(=O)O)CC1C. The van der Waals surface area contributed by atoms with Gasteiger partial charge in [-0.25, -0.2) is 0 Å². The van der Waals surface area contributed by atoms with Crippen LogP contribution in [0.1, 0.15) is 31.0 Å². The number of piperidine rings is 1. The summed E-state index contributed by atoms with van der Waals surface area (Å²) in [5.41, 5.74) is 2.29. The van der Waals surface area contributed by atoms with Crippen molar-refractivity contribution in [3.05, 3.63) is 29.6 Å². The van der Waals surface area contributed by atoms with Gasteiger partial charge in [-0.05, 0) is 44.9 Å². The normalized spacial score (nSPS) is 25.0. The van der Waals surface area contributed by atoms with Crippen molar-refractivity contribution in [1.82, 2.24) is 9.88 Å². The molecule has 1 aliphatic heterocycles. The molecular formula is C14H20N2O2. The van der Waals surface area contributed by atoms with Gasteiger partial charge in [0.1, 0.15) is 0 Å². The summed E-state index contributed by atoms with van der Waals surface area (Å²) in [6.07, 6.45) is 3.30. The van der Waals surface area contributed by atoms with Crippen LogP contribution in [0.4, 0.5) is 0 Å². The Bertz CT molecular complexity index is 434. The second-order valence-corrected chi connectivity index (χ2v) is 5.15. The van der Waals surface area contributed by atoms with Crippen LogP contribution in [0.25, 0.3) is 0 Å². The van der Waals surface area contributed by atoms with Crippen molar-refractivity contribution in [2.45, 2.75) is 39.3 Å². The van der Waals surface area contributed by atoms with E-state index in [2.05, 4.69) is 29.8 Å². The fourth-order valence-corrected chi connectivity index (χ4v) is 2.56. The number of pyridine rings is 1. The number of aryl methyl sites for hydroxylation is 1. The third kappa shape index (κ3) is 2.88. The van der Waals surface area contributed by atoms with E-state index in [0.29, 0.717) is 6.04 Å². The predicted molar refractivity (Wildman–Crippen MR) is 69.2 cm³/mol. The quantitative estimate of drug-likeness (QED) is 0.889. The molecule has 0 amide bonds. The number of aromatic nitrogens is 1. The van der Waals surface area contributed by atoms with E-state index in [1.807, 2.05) is 12.3 Å². The van der Waals surface area contributed by atoms with Crippen LogP contribution in [0, 0.1) is 12.8 Å². The van der Waals surface area contributed by atoms with Crippen LogP contribution in [0.15, 0.2) is 18.3 Å². The van der Waals surface area contributed by atoms with Crippen LogP contribution < -0.4 is 0 Å². The number of carbonyl (C=O) groups is 1. The molecule has 2 heterocycles. The Morgan fingerprint density at radius 1 is 1.61 bits per heavy atom. The molecular weight excluding hydrogens is 228 g/mol. The Kier molecular flexibility index (Phi) is 3.97. The van der Waals surface area contributed by atoms with Gasteiger partial charge in [0, 0.05) is 18.8 Å². The third-order valence-electron chi connectivity index (χ3n) is 3.83. The van der Waals surface area contributed by atoms with Crippen LogP contribution >= 0.6 is 0 Å². The molecule has 0 aliphatic carbocycles. The number of hydrogen-bond donors (Lipinski definition) is 1. The highest BCUT2D eigenvalue weighted by molar-refractivity contribution is 5.70. The molecule has 0 aromatic carbocycles. The highest BCUT2D eigenvalue weighted by Gasteiger charge is 2.29. The highest BCUT2D eigenvalue weighted by Crippen LogP contribution is 2.24. The van der Waals surface area contributed by atoms with Gasteiger partial charge in [0.25, 0.3) is 0 Å². The summed E-state index contributed by atoms with van der Waals surface area (Å²) in [4.78, 5) is 17.7. The molecule has 1 aromatic heterocycles. The molecule has 2 unspecified atom stereocenters. The number of carboxylic acids is 1. The smallest absolute Gasteiger partial charge is 0.306 e. The van der Waals surface area contributed by atoms with Crippen LogP contribution in [0.3, 0.4) is 0 Å². The number of hydrogen-bond acceptors (Lipinski definition) is 3. The van der Waals surface area contributed by atoms with Crippen molar-refractivity contribution in [3.8, 4) is 0 Å². The summed E-state index contributed by atoms with van der Waals surface area (Å²) >= 11 is 0. The molecule has 2 atom stereocenters. The second-order valence-electron chi connectivity index (χ2n) is 5.15. The van der Waals surface area contributed by atoms with E-state index < -0.39 is 5.97 Å². The fourth-order valence-electron chi connectivity index (χ4n) is 2.56. The van der Waals surface area contributed by atoms with Gasteiger partial charge in [-0.2, -0.15) is 0 Å². The number of rotatable bonds is 3. The van der Waals surface area contributed by atoms with Crippen LogP contribution in [0.5, 0.6) is 0 Å². The standard InChI is InChI=1S/C14H20N2O2/c1-10-4-3-6-15-13(10)9-16-7-5-12(14(17)18)8-11(16)2/h3-4,6,11-12H,5,7-9H2,1-2H3,(H,17,18). The van der Waals surface area contributed by atoms with Crippen LogP contribution in [0.2, 0.25) is 0 Å². The number of carboxylic acid groups (broad SMARTS) is 1. The molecule has 1 N–H and O–H groups in total. The Labute approximate surface area is 108 Å². The van der Waals surface area contributed by atoms with E-state index in [1.165, 1.54) is 5.56 Å². The molecule has 2 rings (SSSR count). The molecule has 4 nitrogen and oxygen atoms in total. The number of aliphatic carboxylic acids is 1. The average Bonchev–Trinajstić information content (AvgIpc) is 2.34. The largest absolute Gasteiger partial charge is 0.481 e. The molecule has 1 aliphatic rings. The van der Waals surface area contributed by atoms with Gasteiger partial charge in [0.05, 0.1) is 11.6 Å². The minimum absolute atomic E-state index is 0.180. The first-order chi connectivity index (χ1) is 8.58. The van der Waals surface area contributed by atoms with Crippen LogP contribution in [-0.2, 0) is 11.3 Å². The van der Waals surface area contributed by atoms with E-state index in [4.69, 9.17) is 5.11 Å². The average molecular weight is 248 g/mol. The van der Waals surface area contributed by atoms with E-state index in [0.717, 1.165) is 31.6 Å². The van der Waals surface area contributed by atoms with E-state index in [-0.39, 0.29) is 5.92 Å². The van der Waals surface area contributed by atoms with Crippen LogP contribution in [-0.4, -0.2) is 33.5 Å². The lowest BCUT2D eigenvalue weighted by molar-refractivity contribution is -0.144. The van der Waals surface area contributed by atoms with E-state index in [1.54, 1.807) is 0 Å². The lowest BCUT2D eigenvalue weighted by atomic mass is 9.91. The maximum absolute atomic E-state index is 11.0. The Morgan fingerprint density at radius 3 is 3.00 bits per heavy atom. The van der Waals surface area contributed by atoms with Gasteiger partial charge >= 0.3 is 5.97 Å². The molecule has 18 heavy (non-hydrogen) atoms. The summed E-state index contributed by atoms with van der Waals surface area (Å²) in [5, 5.41) is 9.05. The maximum Gasteiger partial charge on any atom is 0.306 e. The first-order valence-corrected chi connectivity index (χ1v) is 6.45. The predicted octanol–water partition coefficient (Wildman–Crippen LogP) is 2.08. The molecule has 1 fully saturated rings. The molecule has 1 saturated heterocycles. The molecule has 0 bridgehead atoms. The molecule has 0 saturated carbocycles.